The summed E-state index contributed by atoms with van der Waals surface area (Å²) in [5.41, 5.74) is -1.95. The number of halogens is 3. The number of rotatable bonds is 0. The number of alkyl halides is 3. The Bertz CT molecular complexity index is 201. The molecule has 3 nitrogen and oxygen atoms in total. The average Bonchev–Trinajstić information content (AvgIpc) is 1.83. The summed E-state index contributed by atoms with van der Waals surface area (Å²) in [6, 6.07) is 0. The van der Waals surface area contributed by atoms with Gasteiger partial charge in [0.2, 0.25) is 0 Å². The first-order valence-electron chi connectivity index (χ1n) is 3.52. The van der Waals surface area contributed by atoms with Crippen LogP contribution in [0.4, 0.5) is 13.2 Å². The van der Waals surface area contributed by atoms with Crippen LogP contribution in [0, 0.1) is 5.41 Å². The number of hydrogen-bond acceptors (Lipinski definition) is 1. The Morgan fingerprint density at radius 1 is 1.50 bits per heavy atom. The van der Waals surface area contributed by atoms with E-state index in [2.05, 4.69) is 10.6 Å². The standard InChI is InChI=1S/C6H10F3N3/c1-5(6(7,8)9)2-3-11-4(10)12-5/h2-3H2,1H3,(H3,10,11,12). The zero-order valence-corrected chi connectivity index (χ0v) is 6.55. The Morgan fingerprint density at radius 2 is 2.08 bits per heavy atom. The molecule has 6 heteroatoms. The minimum Gasteiger partial charge on any atom is -0.356 e. The normalized spacial score (nSPS) is 30.8. The second-order valence-electron chi connectivity index (χ2n) is 3.01. The first-order valence-corrected chi connectivity index (χ1v) is 3.52. The van der Waals surface area contributed by atoms with Crippen molar-refractivity contribution in [3.8, 4) is 0 Å². The van der Waals surface area contributed by atoms with Gasteiger partial charge in [0, 0.05) is 6.54 Å². The summed E-state index contributed by atoms with van der Waals surface area (Å²) in [5.74, 6) is -0.263. The van der Waals surface area contributed by atoms with E-state index in [1.165, 1.54) is 0 Å². The summed E-state index contributed by atoms with van der Waals surface area (Å²) < 4.78 is 36.9. The van der Waals surface area contributed by atoms with Crippen LogP contribution in [-0.2, 0) is 0 Å². The first kappa shape index (κ1) is 9.15. The molecule has 3 N–H and O–H groups in total. The van der Waals surface area contributed by atoms with Crippen LogP contribution in [0.25, 0.3) is 0 Å². The van der Waals surface area contributed by atoms with E-state index >= 15 is 0 Å². The van der Waals surface area contributed by atoms with Crippen LogP contribution >= 0.6 is 0 Å². The second kappa shape index (κ2) is 2.53. The minimum atomic E-state index is -4.30. The lowest BCUT2D eigenvalue weighted by atomic mass is 9.95. The molecule has 1 heterocycles. The molecular weight excluding hydrogens is 171 g/mol. The van der Waals surface area contributed by atoms with Crippen LogP contribution in [0.2, 0.25) is 0 Å². The molecule has 1 atom stereocenters. The largest absolute Gasteiger partial charge is 0.411 e. The van der Waals surface area contributed by atoms with Crippen molar-refractivity contribution < 1.29 is 13.2 Å². The summed E-state index contributed by atoms with van der Waals surface area (Å²) in [6.45, 7) is 1.24. The zero-order valence-electron chi connectivity index (χ0n) is 6.55. The summed E-state index contributed by atoms with van der Waals surface area (Å²) in [4.78, 5) is 0. The lowest BCUT2D eigenvalue weighted by Crippen LogP contribution is -2.64. The quantitative estimate of drug-likeness (QED) is 0.518. The van der Waals surface area contributed by atoms with E-state index in [1.54, 1.807) is 0 Å². The van der Waals surface area contributed by atoms with E-state index < -0.39 is 11.7 Å². The van der Waals surface area contributed by atoms with E-state index in [4.69, 9.17) is 5.41 Å². The topological polar surface area (TPSA) is 47.9 Å². The van der Waals surface area contributed by atoms with Gasteiger partial charge < -0.3 is 10.6 Å². The van der Waals surface area contributed by atoms with E-state index in [-0.39, 0.29) is 18.9 Å². The predicted octanol–water partition coefficient (Wildman–Crippen LogP) is 0.825. The molecule has 0 spiro atoms. The SMILES string of the molecule is CC1(C(F)(F)F)CCNC(=N)N1. The summed E-state index contributed by atoms with van der Waals surface area (Å²) >= 11 is 0. The van der Waals surface area contributed by atoms with E-state index in [1.807, 2.05) is 0 Å². The molecule has 0 amide bonds. The van der Waals surface area contributed by atoms with E-state index in [9.17, 15) is 13.2 Å². The second-order valence-corrected chi connectivity index (χ2v) is 3.01. The van der Waals surface area contributed by atoms with Crippen LogP contribution in [0.1, 0.15) is 13.3 Å². The van der Waals surface area contributed by atoms with Crippen molar-refractivity contribution in [2.45, 2.75) is 25.1 Å². The molecule has 12 heavy (non-hydrogen) atoms. The van der Waals surface area contributed by atoms with Crippen LogP contribution in [0.5, 0.6) is 0 Å². The Morgan fingerprint density at radius 3 is 2.42 bits per heavy atom. The van der Waals surface area contributed by atoms with Gasteiger partial charge >= 0.3 is 6.18 Å². The van der Waals surface area contributed by atoms with Gasteiger partial charge in [-0.2, -0.15) is 13.2 Å². The van der Waals surface area contributed by atoms with Crippen molar-refractivity contribution in [2.24, 2.45) is 0 Å². The fourth-order valence-electron chi connectivity index (χ4n) is 1.03. The summed E-state index contributed by atoms with van der Waals surface area (Å²) in [6.07, 6.45) is -4.36. The average molecular weight is 181 g/mol. The maximum atomic E-state index is 12.3. The molecule has 70 valence electrons. The summed E-state index contributed by atoms with van der Waals surface area (Å²) in [7, 11) is 0. The zero-order chi connectivity index (χ0) is 9.41. The highest BCUT2D eigenvalue weighted by molar-refractivity contribution is 5.78. The fourth-order valence-corrected chi connectivity index (χ4v) is 1.03. The molecule has 1 fully saturated rings. The molecular formula is C6H10F3N3. The highest BCUT2D eigenvalue weighted by Crippen LogP contribution is 2.33. The van der Waals surface area contributed by atoms with Crippen molar-refractivity contribution in [1.82, 2.24) is 10.6 Å². The number of guanidine groups is 1. The Labute approximate surface area is 67.8 Å². The molecule has 1 unspecified atom stereocenters. The Hall–Kier alpha value is -0.940. The smallest absolute Gasteiger partial charge is 0.356 e. The third-order valence-corrected chi connectivity index (χ3v) is 1.95. The van der Waals surface area contributed by atoms with Crippen molar-refractivity contribution in [1.29, 1.82) is 5.41 Å². The molecule has 1 aliphatic heterocycles. The third kappa shape index (κ3) is 1.46. The van der Waals surface area contributed by atoms with Gasteiger partial charge in [0.1, 0.15) is 5.54 Å². The molecule has 1 aliphatic rings. The van der Waals surface area contributed by atoms with E-state index in [0.29, 0.717) is 0 Å². The number of nitrogens with one attached hydrogen (secondary N) is 3. The highest BCUT2D eigenvalue weighted by atomic mass is 19.4. The molecule has 0 aromatic heterocycles. The van der Waals surface area contributed by atoms with Gasteiger partial charge in [-0.15, -0.1) is 0 Å². The van der Waals surface area contributed by atoms with Gasteiger partial charge in [-0.1, -0.05) is 0 Å². The third-order valence-electron chi connectivity index (χ3n) is 1.95. The molecule has 0 aromatic carbocycles. The van der Waals surface area contributed by atoms with Crippen molar-refractivity contribution in [3.05, 3.63) is 0 Å². The molecule has 1 rings (SSSR count). The maximum absolute atomic E-state index is 12.3. The molecule has 0 radical (unpaired) electrons. The van der Waals surface area contributed by atoms with E-state index in [0.717, 1.165) is 6.92 Å². The van der Waals surface area contributed by atoms with Crippen LogP contribution in [0.3, 0.4) is 0 Å². The van der Waals surface area contributed by atoms with Crippen molar-refractivity contribution in [2.75, 3.05) is 6.54 Å². The fraction of sp³-hybridized carbons (Fsp3) is 0.833. The van der Waals surface area contributed by atoms with Crippen molar-refractivity contribution in [3.63, 3.8) is 0 Å². The van der Waals surface area contributed by atoms with Gasteiger partial charge in [-0.25, -0.2) is 0 Å². The Kier molecular flexibility index (Phi) is 1.93. The minimum absolute atomic E-state index is 0.0567. The van der Waals surface area contributed by atoms with Crippen molar-refractivity contribution >= 4 is 5.96 Å². The molecule has 0 saturated carbocycles. The molecule has 1 saturated heterocycles. The van der Waals surface area contributed by atoms with Gasteiger partial charge in [0.15, 0.2) is 5.96 Å². The lowest BCUT2D eigenvalue weighted by Gasteiger charge is -2.37. The molecule has 0 aromatic rings. The molecule has 0 aliphatic carbocycles. The van der Waals surface area contributed by atoms with Gasteiger partial charge in [0.05, 0.1) is 0 Å². The maximum Gasteiger partial charge on any atom is 0.411 e. The predicted molar refractivity (Wildman–Crippen MR) is 37.9 cm³/mol. The lowest BCUT2D eigenvalue weighted by molar-refractivity contribution is -0.190. The van der Waals surface area contributed by atoms with Crippen LogP contribution in [-0.4, -0.2) is 24.2 Å². The summed E-state index contributed by atoms with van der Waals surface area (Å²) in [5, 5.41) is 11.6. The van der Waals surface area contributed by atoms with Crippen LogP contribution < -0.4 is 10.6 Å². The Balaban J connectivity index is 2.77. The monoisotopic (exact) mass is 181 g/mol. The van der Waals surface area contributed by atoms with Crippen LogP contribution in [0.15, 0.2) is 0 Å². The van der Waals surface area contributed by atoms with Gasteiger partial charge in [-0.05, 0) is 13.3 Å². The van der Waals surface area contributed by atoms with Gasteiger partial charge in [-0.3, -0.25) is 5.41 Å². The highest BCUT2D eigenvalue weighted by Gasteiger charge is 2.52. The molecule has 0 bridgehead atoms. The number of hydrogen-bond donors (Lipinski definition) is 3. The van der Waals surface area contributed by atoms with Gasteiger partial charge in [0.25, 0.3) is 0 Å². The first-order chi connectivity index (χ1) is 5.35.